The average Bonchev–Trinajstić information content (AvgIpc) is 2.99. The quantitative estimate of drug-likeness (QED) is 0.516. The van der Waals surface area contributed by atoms with Crippen LogP contribution in [0.2, 0.25) is 0 Å². The summed E-state index contributed by atoms with van der Waals surface area (Å²) in [6.07, 6.45) is 4.39. The molecule has 0 atom stereocenters. The van der Waals surface area contributed by atoms with Crippen molar-refractivity contribution in [3.05, 3.63) is 60.1 Å². The number of anilines is 1. The minimum absolute atomic E-state index is 0.00880. The van der Waals surface area contributed by atoms with Crippen molar-refractivity contribution < 1.29 is 14.0 Å². The van der Waals surface area contributed by atoms with E-state index < -0.39 is 0 Å². The van der Waals surface area contributed by atoms with Crippen molar-refractivity contribution in [2.75, 3.05) is 5.32 Å². The Morgan fingerprint density at radius 2 is 1.91 bits per heavy atom. The van der Waals surface area contributed by atoms with E-state index in [4.69, 9.17) is 16.6 Å². The lowest BCUT2D eigenvalue weighted by Gasteiger charge is -2.08. The van der Waals surface area contributed by atoms with Crippen LogP contribution in [0.25, 0.3) is 6.08 Å². The fraction of sp³-hybridized carbons (Fsp3) is 0.0625. The molecule has 0 saturated carbocycles. The summed E-state index contributed by atoms with van der Waals surface area (Å²) in [4.78, 5) is 22.8. The van der Waals surface area contributed by atoms with Crippen LogP contribution in [0, 0.1) is 0 Å². The molecule has 0 saturated heterocycles. The first-order valence-corrected chi connectivity index (χ1v) is 6.90. The molecule has 0 aliphatic heterocycles. The predicted molar refractivity (Wildman–Crippen MR) is 88.6 cm³/mol. The Labute approximate surface area is 133 Å². The number of carbonyl (C=O) groups excluding carboxylic acids is 2. The van der Waals surface area contributed by atoms with Crippen molar-refractivity contribution in [2.24, 2.45) is 0 Å². The first-order chi connectivity index (χ1) is 10.5. The van der Waals surface area contributed by atoms with Gasteiger partial charge in [0.05, 0.1) is 6.26 Å². The molecule has 0 bridgehead atoms. The number of rotatable bonds is 4. The lowest BCUT2D eigenvalue weighted by atomic mass is 10.1. The van der Waals surface area contributed by atoms with Crippen molar-refractivity contribution in [2.45, 2.75) is 6.92 Å². The SMILES string of the molecule is CC(=O)c1ccc(NC(=S)NC(=O)/C=C/c2ccco2)cc1. The molecule has 0 aliphatic carbocycles. The first-order valence-electron chi connectivity index (χ1n) is 6.49. The predicted octanol–water partition coefficient (Wildman–Crippen LogP) is 3.01. The molecule has 2 rings (SSSR count). The third kappa shape index (κ3) is 4.68. The van der Waals surface area contributed by atoms with Gasteiger partial charge in [-0.15, -0.1) is 0 Å². The summed E-state index contributed by atoms with van der Waals surface area (Å²) in [6.45, 7) is 1.50. The topological polar surface area (TPSA) is 71.3 Å². The van der Waals surface area contributed by atoms with Gasteiger partial charge in [-0.1, -0.05) is 0 Å². The number of ketones is 1. The highest BCUT2D eigenvalue weighted by atomic mass is 32.1. The lowest BCUT2D eigenvalue weighted by Crippen LogP contribution is -2.32. The van der Waals surface area contributed by atoms with Gasteiger partial charge in [0.1, 0.15) is 5.76 Å². The molecule has 0 fully saturated rings. The Kier molecular flexibility index (Phi) is 5.21. The van der Waals surface area contributed by atoms with Crippen LogP contribution in [-0.4, -0.2) is 16.8 Å². The smallest absolute Gasteiger partial charge is 0.250 e. The Morgan fingerprint density at radius 3 is 2.50 bits per heavy atom. The van der Waals surface area contributed by atoms with E-state index in [1.54, 1.807) is 42.5 Å². The lowest BCUT2D eigenvalue weighted by molar-refractivity contribution is -0.115. The van der Waals surface area contributed by atoms with Crippen LogP contribution >= 0.6 is 12.2 Å². The van der Waals surface area contributed by atoms with Gasteiger partial charge in [-0.2, -0.15) is 0 Å². The number of hydrogen-bond donors (Lipinski definition) is 2. The van der Waals surface area contributed by atoms with E-state index >= 15 is 0 Å². The summed E-state index contributed by atoms with van der Waals surface area (Å²) in [6, 6.07) is 10.3. The number of carbonyl (C=O) groups is 2. The number of hydrogen-bond acceptors (Lipinski definition) is 4. The van der Waals surface area contributed by atoms with Gasteiger partial charge in [0.15, 0.2) is 10.9 Å². The van der Waals surface area contributed by atoms with Crippen LogP contribution in [0.3, 0.4) is 0 Å². The molecule has 112 valence electrons. The van der Waals surface area contributed by atoms with Crippen LogP contribution in [-0.2, 0) is 4.79 Å². The molecule has 5 nitrogen and oxygen atoms in total. The van der Waals surface area contributed by atoms with Crippen molar-refractivity contribution in [3.8, 4) is 0 Å². The van der Waals surface area contributed by atoms with E-state index in [0.717, 1.165) is 0 Å². The Morgan fingerprint density at radius 1 is 1.18 bits per heavy atom. The largest absolute Gasteiger partial charge is 0.465 e. The van der Waals surface area contributed by atoms with Gasteiger partial charge < -0.3 is 9.73 Å². The van der Waals surface area contributed by atoms with E-state index in [-0.39, 0.29) is 16.8 Å². The molecular formula is C16H14N2O3S. The average molecular weight is 314 g/mol. The molecule has 2 N–H and O–H groups in total. The summed E-state index contributed by atoms with van der Waals surface area (Å²) < 4.78 is 5.07. The zero-order valence-electron chi connectivity index (χ0n) is 11.8. The van der Waals surface area contributed by atoms with Gasteiger partial charge in [0.2, 0.25) is 5.91 Å². The molecule has 6 heteroatoms. The molecule has 0 spiro atoms. The molecule has 1 aromatic carbocycles. The van der Waals surface area contributed by atoms with Crippen LogP contribution in [0.15, 0.2) is 53.2 Å². The van der Waals surface area contributed by atoms with E-state index in [9.17, 15) is 9.59 Å². The highest BCUT2D eigenvalue weighted by molar-refractivity contribution is 7.80. The molecule has 1 amide bonds. The van der Waals surface area contributed by atoms with Gasteiger partial charge in [-0.3, -0.25) is 14.9 Å². The Balaban J connectivity index is 1.87. The van der Waals surface area contributed by atoms with Crippen molar-refractivity contribution in [1.82, 2.24) is 5.32 Å². The van der Waals surface area contributed by atoms with Gasteiger partial charge in [0, 0.05) is 17.3 Å². The maximum absolute atomic E-state index is 11.7. The molecule has 0 radical (unpaired) electrons. The Hall–Kier alpha value is -2.73. The normalized spacial score (nSPS) is 10.4. The molecule has 2 aromatic rings. The monoisotopic (exact) mass is 314 g/mol. The van der Waals surface area contributed by atoms with E-state index in [2.05, 4.69) is 10.6 Å². The number of furan rings is 1. The zero-order valence-corrected chi connectivity index (χ0v) is 12.6. The molecule has 1 heterocycles. The second-order valence-corrected chi connectivity index (χ2v) is 4.83. The van der Waals surface area contributed by atoms with E-state index in [1.807, 2.05) is 0 Å². The highest BCUT2D eigenvalue weighted by Crippen LogP contribution is 2.09. The van der Waals surface area contributed by atoms with Gasteiger partial charge in [0.25, 0.3) is 0 Å². The van der Waals surface area contributed by atoms with Crippen molar-refractivity contribution in [3.63, 3.8) is 0 Å². The zero-order chi connectivity index (χ0) is 15.9. The maximum Gasteiger partial charge on any atom is 0.250 e. The van der Waals surface area contributed by atoms with Crippen LogP contribution in [0.1, 0.15) is 23.0 Å². The minimum Gasteiger partial charge on any atom is -0.465 e. The molecular weight excluding hydrogens is 300 g/mol. The first kappa shape index (κ1) is 15.7. The maximum atomic E-state index is 11.7. The highest BCUT2D eigenvalue weighted by Gasteiger charge is 2.03. The standard InChI is InChI=1S/C16H14N2O3S/c1-11(19)12-4-6-13(7-5-12)17-16(22)18-15(20)9-8-14-3-2-10-21-14/h2-10H,1H3,(H2,17,18,20,22)/b9-8+. The van der Waals surface area contributed by atoms with Crippen LogP contribution in [0.4, 0.5) is 5.69 Å². The second kappa shape index (κ2) is 7.33. The third-order valence-corrected chi connectivity index (χ3v) is 2.93. The fourth-order valence-electron chi connectivity index (χ4n) is 1.65. The molecule has 0 unspecified atom stereocenters. The minimum atomic E-state index is -0.366. The number of nitrogens with one attached hydrogen (secondary N) is 2. The van der Waals surface area contributed by atoms with Gasteiger partial charge >= 0.3 is 0 Å². The van der Waals surface area contributed by atoms with Crippen molar-refractivity contribution >= 4 is 40.8 Å². The third-order valence-electron chi connectivity index (χ3n) is 2.73. The number of thiocarbonyl (C=S) groups is 1. The van der Waals surface area contributed by atoms with Gasteiger partial charge in [-0.25, -0.2) is 0 Å². The molecule has 1 aromatic heterocycles. The number of benzene rings is 1. The molecule has 0 aliphatic rings. The summed E-state index contributed by atoms with van der Waals surface area (Å²) in [5, 5.41) is 5.55. The van der Waals surface area contributed by atoms with Crippen LogP contribution < -0.4 is 10.6 Å². The van der Waals surface area contributed by atoms with E-state index in [1.165, 1.54) is 19.3 Å². The fourth-order valence-corrected chi connectivity index (χ4v) is 1.87. The summed E-state index contributed by atoms with van der Waals surface area (Å²) in [7, 11) is 0. The summed E-state index contributed by atoms with van der Waals surface area (Å²) >= 11 is 5.04. The summed E-state index contributed by atoms with van der Waals surface area (Å²) in [5.41, 5.74) is 1.30. The molecule has 22 heavy (non-hydrogen) atoms. The summed E-state index contributed by atoms with van der Waals surface area (Å²) in [5.74, 6) is 0.202. The van der Waals surface area contributed by atoms with E-state index in [0.29, 0.717) is 17.0 Å². The van der Waals surface area contributed by atoms with Crippen LogP contribution in [0.5, 0.6) is 0 Å². The van der Waals surface area contributed by atoms with Crippen molar-refractivity contribution in [1.29, 1.82) is 0 Å². The second-order valence-electron chi connectivity index (χ2n) is 4.43. The Bertz CT molecular complexity index is 704. The number of Topliss-reactive ketones (excluding diaryl/α,β-unsaturated/α-hetero) is 1. The number of amides is 1. The van der Waals surface area contributed by atoms with Gasteiger partial charge in [-0.05, 0) is 61.6 Å².